The first-order chi connectivity index (χ1) is 11.2. The Hall–Kier alpha value is -1.61. The topological polar surface area (TPSA) is 67.6 Å². The van der Waals surface area contributed by atoms with E-state index in [1.807, 2.05) is 0 Å². The number of hydrogen-bond acceptors (Lipinski definition) is 4. The second-order valence-electron chi connectivity index (χ2n) is 6.27. The molecule has 1 saturated heterocycles. The first-order valence-corrected chi connectivity index (χ1v) is 7.73. The van der Waals surface area contributed by atoms with Gasteiger partial charge in [0.15, 0.2) is 5.69 Å². The standard InChI is InChI=1S/C15H22F3N3O3/c1-20-11(8-12(19-20)15(16,17)18)13(23)21-6-3-4-14(9-21,10-22)5-7-24-2/h8,22H,3-7,9-10H2,1-2H3/t14-/m0/s1. The zero-order chi connectivity index (χ0) is 18.0. The number of aryl methyl sites for hydroxylation is 1. The third-order valence-electron chi connectivity index (χ3n) is 4.51. The Bertz CT molecular complexity index is 588. The maximum absolute atomic E-state index is 12.8. The molecule has 2 rings (SSSR count). The zero-order valence-corrected chi connectivity index (χ0v) is 13.8. The molecule has 136 valence electrons. The van der Waals surface area contributed by atoms with Crippen molar-refractivity contribution in [1.29, 1.82) is 0 Å². The Labute approximate surface area is 138 Å². The Balaban J connectivity index is 2.19. The van der Waals surface area contributed by atoms with Crippen molar-refractivity contribution in [2.75, 3.05) is 33.4 Å². The van der Waals surface area contributed by atoms with Crippen LogP contribution in [-0.2, 0) is 18.0 Å². The molecule has 1 fully saturated rings. The molecule has 24 heavy (non-hydrogen) atoms. The molecule has 0 radical (unpaired) electrons. The van der Waals surface area contributed by atoms with Gasteiger partial charge in [0.05, 0.1) is 6.61 Å². The summed E-state index contributed by atoms with van der Waals surface area (Å²) in [7, 11) is 2.88. The second kappa shape index (κ2) is 7.10. The molecule has 0 spiro atoms. The summed E-state index contributed by atoms with van der Waals surface area (Å²) in [5.74, 6) is -0.504. The molecule has 1 aliphatic heterocycles. The van der Waals surface area contributed by atoms with Crippen molar-refractivity contribution in [1.82, 2.24) is 14.7 Å². The summed E-state index contributed by atoms with van der Waals surface area (Å²) in [6, 6.07) is 0.771. The molecule has 0 aromatic carbocycles. The van der Waals surface area contributed by atoms with Crippen LogP contribution in [0.15, 0.2) is 6.07 Å². The van der Waals surface area contributed by atoms with Crippen LogP contribution in [0.1, 0.15) is 35.4 Å². The molecule has 0 saturated carbocycles. The number of carbonyl (C=O) groups excluding carboxylic acids is 1. The van der Waals surface area contributed by atoms with Crippen molar-refractivity contribution in [2.24, 2.45) is 12.5 Å². The molecule has 1 amide bonds. The number of aliphatic hydroxyl groups is 1. The Morgan fingerprint density at radius 1 is 1.50 bits per heavy atom. The first-order valence-electron chi connectivity index (χ1n) is 7.73. The van der Waals surface area contributed by atoms with Crippen molar-refractivity contribution in [3.05, 3.63) is 17.5 Å². The maximum Gasteiger partial charge on any atom is 0.435 e. The number of ether oxygens (including phenoxy) is 1. The van der Waals surface area contributed by atoms with Gasteiger partial charge in [-0.3, -0.25) is 9.48 Å². The van der Waals surface area contributed by atoms with E-state index in [0.29, 0.717) is 26.0 Å². The SMILES string of the molecule is COCC[C@@]1(CO)CCCN(C(=O)c2cc(C(F)(F)F)nn2C)C1. The fraction of sp³-hybridized carbons (Fsp3) is 0.733. The molecular formula is C15H22F3N3O3. The number of likely N-dealkylation sites (tertiary alicyclic amines) is 1. The lowest BCUT2D eigenvalue weighted by Crippen LogP contribution is -2.48. The molecule has 2 heterocycles. The number of aliphatic hydroxyl groups excluding tert-OH is 1. The van der Waals surface area contributed by atoms with Crippen molar-refractivity contribution in [2.45, 2.75) is 25.4 Å². The number of aromatic nitrogens is 2. The second-order valence-corrected chi connectivity index (χ2v) is 6.27. The molecule has 9 heteroatoms. The predicted octanol–water partition coefficient (Wildman–Crippen LogP) is 1.69. The molecule has 1 N–H and O–H groups in total. The molecule has 1 aliphatic rings. The van der Waals surface area contributed by atoms with E-state index in [1.54, 1.807) is 7.11 Å². The molecule has 1 aromatic rings. The molecule has 0 aliphatic carbocycles. The van der Waals surface area contributed by atoms with Gasteiger partial charge in [-0.15, -0.1) is 0 Å². The Kier molecular flexibility index (Phi) is 5.54. The Morgan fingerprint density at radius 3 is 2.75 bits per heavy atom. The van der Waals surface area contributed by atoms with E-state index in [1.165, 1.54) is 11.9 Å². The third kappa shape index (κ3) is 3.89. The van der Waals surface area contributed by atoms with Gasteiger partial charge in [-0.2, -0.15) is 18.3 Å². The Morgan fingerprint density at radius 2 is 2.21 bits per heavy atom. The highest BCUT2D eigenvalue weighted by Crippen LogP contribution is 2.34. The minimum atomic E-state index is -4.59. The number of amides is 1. The van der Waals surface area contributed by atoms with Crippen LogP contribution in [0.4, 0.5) is 13.2 Å². The molecular weight excluding hydrogens is 327 g/mol. The van der Waals surface area contributed by atoms with E-state index < -0.39 is 23.2 Å². The highest BCUT2D eigenvalue weighted by molar-refractivity contribution is 5.92. The van der Waals surface area contributed by atoms with E-state index in [2.05, 4.69) is 5.10 Å². The number of hydrogen-bond donors (Lipinski definition) is 1. The number of nitrogens with zero attached hydrogens (tertiary/aromatic N) is 3. The average Bonchev–Trinajstić information content (AvgIpc) is 2.94. The minimum absolute atomic E-state index is 0.0979. The van der Waals surface area contributed by atoms with E-state index in [-0.39, 0.29) is 18.8 Å². The van der Waals surface area contributed by atoms with E-state index >= 15 is 0 Å². The number of methoxy groups -OCH3 is 1. The average molecular weight is 349 g/mol. The van der Waals surface area contributed by atoms with Gasteiger partial charge in [0.25, 0.3) is 5.91 Å². The molecule has 0 unspecified atom stereocenters. The predicted molar refractivity (Wildman–Crippen MR) is 79.4 cm³/mol. The molecule has 1 atom stereocenters. The summed E-state index contributed by atoms with van der Waals surface area (Å²) >= 11 is 0. The zero-order valence-electron chi connectivity index (χ0n) is 13.8. The summed E-state index contributed by atoms with van der Waals surface area (Å²) in [5.41, 5.74) is -1.67. The van der Waals surface area contributed by atoms with Gasteiger partial charge in [0, 0.05) is 45.3 Å². The van der Waals surface area contributed by atoms with Crippen molar-refractivity contribution in [3.8, 4) is 0 Å². The fourth-order valence-electron chi connectivity index (χ4n) is 3.08. The van der Waals surface area contributed by atoms with Gasteiger partial charge in [-0.1, -0.05) is 0 Å². The van der Waals surface area contributed by atoms with Gasteiger partial charge in [-0.25, -0.2) is 0 Å². The van der Waals surface area contributed by atoms with Crippen LogP contribution >= 0.6 is 0 Å². The van der Waals surface area contributed by atoms with Gasteiger partial charge < -0.3 is 14.7 Å². The fourth-order valence-corrected chi connectivity index (χ4v) is 3.08. The number of halogens is 3. The molecule has 6 nitrogen and oxygen atoms in total. The van der Waals surface area contributed by atoms with Crippen LogP contribution in [0, 0.1) is 5.41 Å². The van der Waals surface area contributed by atoms with Gasteiger partial charge in [0.1, 0.15) is 5.69 Å². The largest absolute Gasteiger partial charge is 0.435 e. The quantitative estimate of drug-likeness (QED) is 0.878. The normalized spacial score (nSPS) is 22.0. The number of rotatable bonds is 5. The van der Waals surface area contributed by atoms with Crippen molar-refractivity contribution < 1.29 is 27.8 Å². The summed E-state index contributed by atoms with van der Waals surface area (Å²) in [6.07, 6.45) is -2.58. The first kappa shape index (κ1) is 18.7. The lowest BCUT2D eigenvalue weighted by atomic mass is 9.78. The summed E-state index contributed by atoms with van der Waals surface area (Å²) in [6.45, 7) is 1.09. The minimum Gasteiger partial charge on any atom is -0.396 e. The summed E-state index contributed by atoms with van der Waals surface area (Å²) in [5, 5.41) is 13.1. The van der Waals surface area contributed by atoms with Crippen molar-refractivity contribution in [3.63, 3.8) is 0 Å². The van der Waals surface area contributed by atoms with Crippen LogP contribution in [0.3, 0.4) is 0 Å². The number of piperidine rings is 1. The van der Waals surface area contributed by atoms with Crippen LogP contribution in [0.5, 0.6) is 0 Å². The third-order valence-corrected chi connectivity index (χ3v) is 4.51. The number of carbonyl (C=O) groups is 1. The van der Waals surface area contributed by atoms with Crippen LogP contribution in [0.25, 0.3) is 0 Å². The smallest absolute Gasteiger partial charge is 0.396 e. The highest BCUT2D eigenvalue weighted by Gasteiger charge is 2.39. The highest BCUT2D eigenvalue weighted by atomic mass is 19.4. The van der Waals surface area contributed by atoms with Crippen LogP contribution in [-0.4, -0.2) is 59.1 Å². The van der Waals surface area contributed by atoms with Gasteiger partial charge >= 0.3 is 6.18 Å². The van der Waals surface area contributed by atoms with Gasteiger partial charge in [0.2, 0.25) is 0 Å². The van der Waals surface area contributed by atoms with Crippen LogP contribution < -0.4 is 0 Å². The van der Waals surface area contributed by atoms with Crippen molar-refractivity contribution >= 4 is 5.91 Å². The van der Waals surface area contributed by atoms with E-state index in [0.717, 1.165) is 17.2 Å². The number of alkyl halides is 3. The van der Waals surface area contributed by atoms with E-state index in [9.17, 15) is 23.1 Å². The molecule has 1 aromatic heterocycles. The lowest BCUT2D eigenvalue weighted by Gasteiger charge is -2.41. The van der Waals surface area contributed by atoms with Crippen LogP contribution in [0.2, 0.25) is 0 Å². The maximum atomic E-state index is 12.8. The monoisotopic (exact) mass is 349 g/mol. The summed E-state index contributed by atoms with van der Waals surface area (Å²) < 4.78 is 44.3. The molecule has 0 bridgehead atoms. The van der Waals surface area contributed by atoms with E-state index in [4.69, 9.17) is 4.74 Å². The lowest BCUT2D eigenvalue weighted by molar-refractivity contribution is -0.141. The van der Waals surface area contributed by atoms with Gasteiger partial charge in [-0.05, 0) is 19.3 Å². The summed E-state index contributed by atoms with van der Waals surface area (Å²) in [4.78, 5) is 14.1.